The second-order valence-corrected chi connectivity index (χ2v) is 13.6. The minimum atomic E-state index is -3.67. The van der Waals surface area contributed by atoms with Crippen LogP contribution < -0.4 is 0 Å². The first-order chi connectivity index (χ1) is 20.7. The van der Waals surface area contributed by atoms with Crippen LogP contribution in [0.15, 0.2) is 91.0 Å². The molecule has 1 aliphatic rings. The third-order valence-electron chi connectivity index (χ3n) is 6.45. The number of hydrogen-bond acceptors (Lipinski definition) is 10. The highest BCUT2D eigenvalue weighted by molar-refractivity contribution is 7.86. The quantitative estimate of drug-likeness (QED) is 0.205. The van der Waals surface area contributed by atoms with Gasteiger partial charge in [0.25, 0.3) is 20.2 Å². The molecule has 3 aromatic carbocycles. The molecule has 0 saturated carbocycles. The summed E-state index contributed by atoms with van der Waals surface area (Å²) in [7, 11) is -7.32. The maximum atomic E-state index is 11.6. The molecule has 0 aromatic heterocycles. The lowest BCUT2D eigenvalue weighted by Gasteiger charge is -2.49. The van der Waals surface area contributed by atoms with Gasteiger partial charge in [0.15, 0.2) is 5.79 Å². The molecule has 13 heteroatoms. The molecule has 11 nitrogen and oxygen atoms in total. The number of hydrogen-bond donors (Lipinski definition) is 2. The van der Waals surface area contributed by atoms with E-state index in [2.05, 4.69) is 0 Å². The van der Waals surface area contributed by atoms with Gasteiger partial charge < -0.3 is 24.1 Å². The van der Waals surface area contributed by atoms with E-state index < -0.39 is 50.4 Å². The average molecular weight is 653 g/mol. The smallest absolute Gasteiger partial charge is 0.264 e. The highest BCUT2D eigenvalue weighted by Crippen LogP contribution is 2.36. The van der Waals surface area contributed by atoms with Crippen molar-refractivity contribution in [3.63, 3.8) is 0 Å². The Morgan fingerprint density at radius 1 is 0.705 bits per heavy atom. The van der Waals surface area contributed by atoms with Crippen LogP contribution in [0.3, 0.4) is 0 Å². The lowest BCUT2D eigenvalue weighted by molar-refractivity contribution is -0.360. The summed E-state index contributed by atoms with van der Waals surface area (Å²) in [5.74, 6) is -1.75. The molecule has 44 heavy (non-hydrogen) atoms. The fourth-order valence-corrected chi connectivity index (χ4v) is 4.99. The van der Waals surface area contributed by atoms with Crippen LogP contribution >= 0.6 is 0 Å². The summed E-state index contributed by atoms with van der Waals surface area (Å²) in [5.41, 5.74) is 2.83. The second-order valence-electron chi connectivity index (χ2n) is 10.5. The van der Waals surface area contributed by atoms with E-state index in [4.69, 9.17) is 27.7 Å². The van der Waals surface area contributed by atoms with Crippen molar-refractivity contribution >= 4 is 20.2 Å². The number of rotatable bonds is 13. The molecule has 0 radical (unpaired) electrons. The van der Waals surface area contributed by atoms with Crippen LogP contribution in [-0.4, -0.2) is 75.8 Å². The van der Waals surface area contributed by atoms with Crippen LogP contribution in [0, 0.1) is 0 Å². The Morgan fingerprint density at radius 3 is 1.50 bits per heavy atom. The molecule has 5 atom stereocenters. The molecule has 1 aliphatic heterocycles. The molecule has 0 aliphatic carbocycles. The highest BCUT2D eigenvalue weighted by Gasteiger charge is 2.53. The van der Waals surface area contributed by atoms with Gasteiger partial charge in [0, 0.05) is 6.42 Å². The molecular weight excluding hydrogens is 612 g/mol. The first-order valence-corrected chi connectivity index (χ1v) is 17.5. The molecule has 3 aromatic rings. The lowest BCUT2D eigenvalue weighted by Crippen LogP contribution is -2.65. The standard InChI is InChI=1S/C30H36O8S.CH4O3S/c1-30(31)29(36-22-25-16-10-5-11-17-25)28(35-21-24-14-8-4-9-15-24)27(34-20-23-12-6-3-7-13-23)26(38-30)18-19-37-39(2,32)33;1-5(2,3)4/h3-17,26-29,31H,18-22H2,1-2H3;1H3,(H,2,3,4)/t26-,27+,28+,29+,30-;/m0./s1. The summed E-state index contributed by atoms with van der Waals surface area (Å²) in [4.78, 5) is 0. The van der Waals surface area contributed by atoms with Crippen LogP contribution in [0.5, 0.6) is 0 Å². The normalized spacial score (nSPS) is 23.8. The van der Waals surface area contributed by atoms with Crippen LogP contribution in [0.25, 0.3) is 0 Å². The van der Waals surface area contributed by atoms with Gasteiger partial charge in [0.05, 0.1) is 45.0 Å². The Morgan fingerprint density at radius 2 is 1.09 bits per heavy atom. The van der Waals surface area contributed by atoms with Gasteiger partial charge in [-0.3, -0.25) is 8.74 Å². The van der Waals surface area contributed by atoms with E-state index in [1.54, 1.807) is 0 Å². The van der Waals surface area contributed by atoms with Crippen molar-refractivity contribution in [2.75, 3.05) is 19.1 Å². The summed E-state index contributed by atoms with van der Waals surface area (Å²) in [6.45, 7) is 2.14. The van der Waals surface area contributed by atoms with Crippen molar-refractivity contribution in [2.45, 2.75) is 63.4 Å². The SMILES string of the molecule is CS(=O)(=O)O.C[C@]1(O)O[C@@H](CCOS(C)(=O)=O)[C@@H](OCc2ccccc2)[C@@H](OCc2ccccc2)[C@H]1OCc1ccccc1. The van der Waals surface area contributed by atoms with Crippen molar-refractivity contribution < 1.29 is 49.6 Å². The van der Waals surface area contributed by atoms with Crippen LogP contribution in [-0.2, 0) is 63.2 Å². The van der Waals surface area contributed by atoms with E-state index >= 15 is 0 Å². The Balaban J connectivity index is 0.000000978. The predicted molar refractivity (Wildman–Crippen MR) is 163 cm³/mol. The van der Waals surface area contributed by atoms with Gasteiger partial charge in [-0.2, -0.15) is 16.8 Å². The molecule has 0 bridgehead atoms. The molecule has 1 saturated heterocycles. The van der Waals surface area contributed by atoms with E-state index in [1.165, 1.54) is 6.92 Å². The summed E-state index contributed by atoms with van der Waals surface area (Å²) in [6.07, 6.45) is -1.22. The minimum absolute atomic E-state index is 0.133. The first kappa shape index (κ1) is 35.8. The molecule has 242 valence electrons. The predicted octanol–water partition coefficient (Wildman–Crippen LogP) is 3.72. The van der Waals surface area contributed by atoms with Crippen LogP contribution in [0.2, 0.25) is 0 Å². The summed E-state index contributed by atoms with van der Waals surface area (Å²) >= 11 is 0. The van der Waals surface area contributed by atoms with Gasteiger partial charge in [-0.15, -0.1) is 0 Å². The molecule has 2 N–H and O–H groups in total. The second kappa shape index (κ2) is 16.5. The molecule has 4 rings (SSSR count). The monoisotopic (exact) mass is 652 g/mol. The van der Waals surface area contributed by atoms with E-state index in [-0.39, 0.29) is 32.8 Å². The topological polar surface area (TPSA) is 155 Å². The summed E-state index contributed by atoms with van der Waals surface area (Å²) in [6, 6.07) is 29.0. The Hall–Kier alpha value is -2.72. The third kappa shape index (κ3) is 13.1. The van der Waals surface area contributed by atoms with Gasteiger partial charge >= 0.3 is 0 Å². The zero-order valence-electron chi connectivity index (χ0n) is 24.9. The maximum Gasteiger partial charge on any atom is 0.264 e. The van der Waals surface area contributed by atoms with Crippen LogP contribution in [0.1, 0.15) is 30.0 Å². The largest absolute Gasteiger partial charge is 0.368 e. The average Bonchev–Trinajstić information content (AvgIpc) is 2.95. The summed E-state index contributed by atoms with van der Waals surface area (Å²) in [5, 5.41) is 11.5. The van der Waals surface area contributed by atoms with Crippen molar-refractivity contribution in [3.05, 3.63) is 108 Å². The molecule has 0 amide bonds. The zero-order valence-corrected chi connectivity index (χ0v) is 26.5. The van der Waals surface area contributed by atoms with E-state index in [1.807, 2.05) is 91.0 Å². The third-order valence-corrected chi connectivity index (χ3v) is 7.04. The lowest BCUT2D eigenvalue weighted by atomic mass is 9.91. The summed E-state index contributed by atoms with van der Waals surface area (Å²) < 4.78 is 79.3. The number of ether oxygens (including phenoxy) is 4. The number of benzene rings is 3. The van der Waals surface area contributed by atoms with Gasteiger partial charge in [-0.05, 0) is 23.6 Å². The van der Waals surface area contributed by atoms with Crippen molar-refractivity contribution in [2.24, 2.45) is 0 Å². The minimum Gasteiger partial charge on any atom is -0.368 e. The van der Waals surface area contributed by atoms with Gasteiger partial charge in [-0.1, -0.05) is 91.0 Å². The van der Waals surface area contributed by atoms with Gasteiger partial charge in [0.2, 0.25) is 0 Å². The van der Waals surface area contributed by atoms with E-state index in [9.17, 15) is 21.9 Å². The fourth-order valence-electron chi connectivity index (χ4n) is 4.60. The van der Waals surface area contributed by atoms with Gasteiger partial charge in [0.1, 0.15) is 18.3 Å². The Kier molecular flexibility index (Phi) is 13.4. The fraction of sp³-hybridized carbons (Fsp3) is 0.419. The highest BCUT2D eigenvalue weighted by atomic mass is 32.2. The first-order valence-electron chi connectivity index (χ1n) is 13.8. The molecule has 0 unspecified atom stereocenters. The van der Waals surface area contributed by atoms with Crippen molar-refractivity contribution in [1.29, 1.82) is 0 Å². The van der Waals surface area contributed by atoms with Crippen LogP contribution in [0.4, 0.5) is 0 Å². The van der Waals surface area contributed by atoms with Crippen molar-refractivity contribution in [3.8, 4) is 0 Å². The molecule has 0 spiro atoms. The molecular formula is C31H40O11S2. The number of aliphatic hydroxyl groups is 1. The van der Waals surface area contributed by atoms with E-state index in [0.29, 0.717) is 6.26 Å². The molecule has 1 heterocycles. The van der Waals surface area contributed by atoms with E-state index in [0.717, 1.165) is 22.9 Å². The molecule has 1 fully saturated rings. The maximum absolute atomic E-state index is 11.6. The zero-order chi connectivity index (χ0) is 32.2. The van der Waals surface area contributed by atoms with Gasteiger partial charge in [-0.25, -0.2) is 0 Å². The Labute approximate surface area is 259 Å². The van der Waals surface area contributed by atoms with Crippen molar-refractivity contribution in [1.82, 2.24) is 0 Å². The Bertz CT molecular complexity index is 1460.